The first kappa shape index (κ1) is 10.7. The average molecular weight is 252 g/mol. The summed E-state index contributed by atoms with van der Waals surface area (Å²) in [5.41, 5.74) is 2.68. The topological polar surface area (TPSA) is 15.3 Å². The SMILES string of the molecule is CC1=C(c2ccc(F)c(F)c2)NC2SC=CN12. The minimum Gasteiger partial charge on any atom is -0.354 e. The molecule has 2 aliphatic rings. The Morgan fingerprint density at radius 1 is 1.29 bits per heavy atom. The van der Waals surface area contributed by atoms with Gasteiger partial charge in [-0.15, -0.1) is 0 Å². The van der Waals surface area contributed by atoms with Crippen LogP contribution in [0, 0.1) is 11.6 Å². The van der Waals surface area contributed by atoms with Gasteiger partial charge in [0.15, 0.2) is 17.1 Å². The molecule has 1 aromatic rings. The van der Waals surface area contributed by atoms with Gasteiger partial charge in [0.2, 0.25) is 0 Å². The molecule has 2 nitrogen and oxygen atoms in total. The molecule has 2 heterocycles. The van der Waals surface area contributed by atoms with Crippen molar-refractivity contribution in [3.8, 4) is 0 Å². The zero-order valence-electron chi connectivity index (χ0n) is 9.08. The van der Waals surface area contributed by atoms with Crippen LogP contribution in [0.5, 0.6) is 0 Å². The van der Waals surface area contributed by atoms with Gasteiger partial charge in [0, 0.05) is 17.5 Å². The molecule has 0 fully saturated rings. The van der Waals surface area contributed by atoms with Crippen LogP contribution in [-0.4, -0.2) is 10.4 Å². The van der Waals surface area contributed by atoms with Crippen molar-refractivity contribution in [2.45, 2.75) is 12.4 Å². The summed E-state index contributed by atoms with van der Waals surface area (Å²) < 4.78 is 26.1. The summed E-state index contributed by atoms with van der Waals surface area (Å²) in [5, 5.41) is 5.29. The van der Waals surface area contributed by atoms with E-state index in [1.807, 2.05) is 18.5 Å². The lowest BCUT2D eigenvalue weighted by molar-refractivity contribution is 0.463. The van der Waals surface area contributed by atoms with Gasteiger partial charge >= 0.3 is 0 Å². The van der Waals surface area contributed by atoms with E-state index < -0.39 is 11.6 Å². The Labute approximate surface area is 102 Å². The van der Waals surface area contributed by atoms with Crippen molar-refractivity contribution < 1.29 is 8.78 Å². The van der Waals surface area contributed by atoms with E-state index in [1.165, 1.54) is 6.07 Å². The van der Waals surface area contributed by atoms with E-state index in [4.69, 9.17) is 0 Å². The number of thioether (sulfide) groups is 1. The highest BCUT2D eigenvalue weighted by Gasteiger charge is 2.30. The number of fused-ring (bicyclic) bond motifs is 1. The number of rotatable bonds is 1. The second-order valence-electron chi connectivity index (χ2n) is 3.91. The average Bonchev–Trinajstić information content (AvgIpc) is 2.86. The highest BCUT2D eigenvalue weighted by Crippen LogP contribution is 2.36. The predicted octanol–water partition coefficient (Wildman–Crippen LogP) is 3.06. The molecule has 0 radical (unpaired) electrons. The Morgan fingerprint density at radius 3 is 2.82 bits per heavy atom. The largest absolute Gasteiger partial charge is 0.354 e. The van der Waals surface area contributed by atoms with E-state index in [0.29, 0.717) is 5.56 Å². The maximum absolute atomic E-state index is 13.2. The van der Waals surface area contributed by atoms with E-state index in [0.717, 1.165) is 17.5 Å². The lowest BCUT2D eigenvalue weighted by atomic mass is 10.1. The Bertz CT molecular complexity index is 539. The van der Waals surface area contributed by atoms with Crippen LogP contribution in [0.25, 0.3) is 5.70 Å². The molecule has 1 unspecified atom stereocenters. The van der Waals surface area contributed by atoms with E-state index in [2.05, 4.69) is 10.2 Å². The van der Waals surface area contributed by atoms with Gasteiger partial charge in [-0.2, -0.15) is 0 Å². The first-order valence-corrected chi connectivity index (χ1v) is 6.14. The fourth-order valence-electron chi connectivity index (χ4n) is 2.01. The van der Waals surface area contributed by atoms with Crippen molar-refractivity contribution in [1.82, 2.24) is 10.2 Å². The number of nitrogens with one attached hydrogen (secondary N) is 1. The monoisotopic (exact) mass is 252 g/mol. The van der Waals surface area contributed by atoms with Gasteiger partial charge < -0.3 is 10.2 Å². The number of benzene rings is 1. The van der Waals surface area contributed by atoms with Crippen molar-refractivity contribution in [2.24, 2.45) is 0 Å². The molecule has 0 spiro atoms. The van der Waals surface area contributed by atoms with Crippen LogP contribution in [0.4, 0.5) is 8.78 Å². The summed E-state index contributed by atoms with van der Waals surface area (Å²) in [6.07, 6.45) is 1.98. The third-order valence-electron chi connectivity index (χ3n) is 2.91. The van der Waals surface area contributed by atoms with Gasteiger partial charge in [0.05, 0.1) is 5.70 Å². The number of nitrogens with zero attached hydrogens (tertiary/aromatic N) is 1. The molecule has 1 N–H and O–H groups in total. The first-order chi connectivity index (χ1) is 8.16. The Kier molecular flexibility index (Phi) is 2.36. The molecular formula is C12H10F2N2S. The third-order valence-corrected chi connectivity index (χ3v) is 3.79. The van der Waals surface area contributed by atoms with Gasteiger partial charge in [-0.05, 0) is 30.5 Å². The fourth-order valence-corrected chi connectivity index (χ4v) is 2.91. The van der Waals surface area contributed by atoms with Crippen molar-refractivity contribution in [1.29, 1.82) is 0 Å². The molecule has 0 aromatic heterocycles. The molecule has 0 saturated heterocycles. The van der Waals surface area contributed by atoms with Gasteiger partial charge in [-0.3, -0.25) is 0 Å². The quantitative estimate of drug-likeness (QED) is 0.827. The maximum Gasteiger partial charge on any atom is 0.159 e. The summed E-state index contributed by atoms with van der Waals surface area (Å²) >= 11 is 1.65. The molecule has 0 bridgehead atoms. The zero-order valence-corrected chi connectivity index (χ0v) is 9.89. The lowest BCUT2D eigenvalue weighted by Gasteiger charge is -2.15. The van der Waals surface area contributed by atoms with Crippen molar-refractivity contribution in [3.63, 3.8) is 0 Å². The van der Waals surface area contributed by atoms with Crippen LogP contribution >= 0.6 is 11.8 Å². The summed E-state index contributed by atoms with van der Waals surface area (Å²) in [7, 11) is 0. The molecule has 1 aromatic carbocycles. The Balaban J connectivity index is 2.02. The van der Waals surface area contributed by atoms with E-state index in [1.54, 1.807) is 17.8 Å². The fraction of sp³-hybridized carbons (Fsp3) is 0.167. The van der Waals surface area contributed by atoms with Crippen LogP contribution in [0.1, 0.15) is 12.5 Å². The second kappa shape index (κ2) is 3.77. The smallest absolute Gasteiger partial charge is 0.159 e. The van der Waals surface area contributed by atoms with Crippen molar-refractivity contribution in [3.05, 3.63) is 52.7 Å². The molecule has 17 heavy (non-hydrogen) atoms. The maximum atomic E-state index is 13.2. The van der Waals surface area contributed by atoms with Crippen molar-refractivity contribution >= 4 is 17.5 Å². The van der Waals surface area contributed by atoms with Crippen LogP contribution < -0.4 is 5.32 Å². The standard InChI is InChI=1S/C12H10F2N2S/c1-7-11(15-12-16(7)4-5-17-12)8-2-3-9(13)10(14)6-8/h2-6,12,15H,1H3. The summed E-state index contributed by atoms with van der Waals surface area (Å²) in [4.78, 5) is 2.07. The van der Waals surface area contributed by atoms with Crippen molar-refractivity contribution in [2.75, 3.05) is 0 Å². The minimum atomic E-state index is -0.820. The van der Waals surface area contributed by atoms with E-state index >= 15 is 0 Å². The number of allylic oxidation sites excluding steroid dienone is 1. The molecule has 1 atom stereocenters. The predicted molar refractivity (Wildman–Crippen MR) is 64.4 cm³/mol. The number of hydrogen-bond donors (Lipinski definition) is 1. The minimum absolute atomic E-state index is 0.137. The highest BCUT2D eigenvalue weighted by molar-refractivity contribution is 8.02. The van der Waals surface area contributed by atoms with Crippen LogP contribution in [0.2, 0.25) is 0 Å². The normalized spacial score (nSPS) is 22.1. The van der Waals surface area contributed by atoms with Crippen LogP contribution in [-0.2, 0) is 0 Å². The number of halogens is 2. The van der Waals surface area contributed by atoms with Gasteiger partial charge in [-0.25, -0.2) is 8.78 Å². The Morgan fingerprint density at radius 2 is 2.12 bits per heavy atom. The molecule has 0 saturated carbocycles. The molecule has 88 valence electrons. The summed E-state index contributed by atoms with van der Waals surface area (Å²) in [6, 6.07) is 3.96. The van der Waals surface area contributed by atoms with Crippen LogP contribution in [0.3, 0.4) is 0 Å². The van der Waals surface area contributed by atoms with Gasteiger partial charge in [0.25, 0.3) is 0 Å². The van der Waals surface area contributed by atoms with Gasteiger partial charge in [-0.1, -0.05) is 11.8 Å². The van der Waals surface area contributed by atoms with Gasteiger partial charge in [0.1, 0.15) is 0 Å². The third kappa shape index (κ3) is 1.61. The summed E-state index contributed by atoms with van der Waals surface area (Å²) in [5.74, 6) is -1.64. The molecule has 3 rings (SSSR count). The highest BCUT2D eigenvalue weighted by atomic mass is 32.2. The van der Waals surface area contributed by atoms with Crippen LogP contribution in [0.15, 0.2) is 35.5 Å². The number of hydrogen-bond acceptors (Lipinski definition) is 3. The van der Waals surface area contributed by atoms with E-state index in [-0.39, 0.29) is 5.50 Å². The molecule has 2 aliphatic heterocycles. The lowest BCUT2D eigenvalue weighted by Crippen LogP contribution is -2.26. The summed E-state index contributed by atoms with van der Waals surface area (Å²) in [6.45, 7) is 1.96. The second-order valence-corrected chi connectivity index (χ2v) is 4.91. The molecule has 5 heteroatoms. The molecule has 0 aliphatic carbocycles. The first-order valence-electron chi connectivity index (χ1n) is 5.20. The van der Waals surface area contributed by atoms with E-state index in [9.17, 15) is 8.78 Å². The molecular weight excluding hydrogens is 242 g/mol. The Hall–Kier alpha value is -1.49. The zero-order chi connectivity index (χ0) is 12.0. The molecule has 0 amide bonds.